The standard InChI is InChI=1S/C33H44FN3O4S/c1-5-22(2)35-32(39)23(3)36(20-27-8-6-7-9-30(27)34)31(38)21-37(42(4,40)41)29-12-10-28(11-13-29)33-17-24-14-25(18-33)16-26(15-24)19-33/h6-13,22-26H,5,14-21H2,1-4H3,(H,35,39)/t22-,23+,24?,25?,26?,33?/m1/s1. The normalized spacial score (nSPS) is 26.0. The minimum absolute atomic E-state index is 0.106. The van der Waals surface area contributed by atoms with E-state index >= 15 is 0 Å². The van der Waals surface area contributed by atoms with E-state index in [0.717, 1.165) is 28.3 Å². The van der Waals surface area contributed by atoms with Crippen LogP contribution in [0.3, 0.4) is 0 Å². The van der Waals surface area contributed by atoms with Gasteiger partial charge in [0.25, 0.3) is 0 Å². The molecule has 4 aliphatic rings. The fourth-order valence-electron chi connectivity index (χ4n) is 7.92. The number of carbonyl (C=O) groups is 2. The van der Waals surface area contributed by atoms with Crippen molar-refractivity contribution in [3.05, 3.63) is 65.5 Å². The number of rotatable bonds is 11. The molecule has 2 amide bonds. The second kappa shape index (κ2) is 12.0. The third-order valence-corrected chi connectivity index (χ3v) is 11.1. The zero-order valence-electron chi connectivity index (χ0n) is 25.2. The van der Waals surface area contributed by atoms with Gasteiger partial charge in [0.2, 0.25) is 21.8 Å². The van der Waals surface area contributed by atoms with Crippen LogP contribution in [0.4, 0.5) is 10.1 Å². The average Bonchev–Trinajstić information content (AvgIpc) is 2.93. The lowest BCUT2D eigenvalue weighted by Crippen LogP contribution is -2.52. The highest BCUT2D eigenvalue weighted by molar-refractivity contribution is 7.92. The summed E-state index contributed by atoms with van der Waals surface area (Å²) in [4.78, 5) is 28.1. The number of hydrogen-bond acceptors (Lipinski definition) is 4. The largest absolute Gasteiger partial charge is 0.352 e. The number of benzene rings is 2. The molecule has 4 fully saturated rings. The lowest BCUT2D eigenvalue weighted by molar-refractivity contribution is -0.139. The zero-order chi connectivity index (χ0) is 30.2. The summed E-state index contributed by atoms with van der Waals surface area (Å²) in [6.45, 7) is 4.73. The van der Waals surface area contributed by atoms with Crippen LogP contribution in [0.2, 0.25) is 0 Å². The first-order chi connectivity index (χ1) is 19.9. The molecule has 1 N–H and O–H groups in total. The van der Waals surface area contributed by atoms with Crippen molar-refractivity contribution in [1.82, 2.24) is 10.2 Å². The monoisotopic (exact) mass is 597 g/mol. The third kappa shape index (κ3) is 6.36. The first-order valence-electron chi connectivity index (χ1n) is 15.3. The van der Waals surface area contributed by atoms with Gasteiger partial charge in [0.05, 0.1) is 11.9 Å². The van der Waals surface area contributed by atoms with E-state index in [1.54, 1.807) is 25.1 Å². The van der Waals surface area contributed by atoms with Gasteiger partial charge in [-0.2, -0.15) is 0 Å². The molecule has 0 aliphatic heterocycles. The Labute approximate surface area is 249 Å². The first-order valence-corrected chi connectivity index (χ1v) is 17.1. The van der Waals surface area contributed by atoms with Crippen LogP contribution >= 0.6 is 0 Å². The summed E-state index contributed by atoms with van der Waals surface area (Å²) in [6, 6.07) is 12.8. The summed E-state index contributed by atoms with van der Waals surface area (Å²) in [5.74, 6) is 0.925. The van der Waals surface area contributed by atoms with Crippen LogP contribution in [-0.4, -0.2) is 50.0 Å². The van der Waals surface area contributed by atoms with Crippen LogP contribution in [-0.2, 0) is 31.6 Å². The number of sulfonamides is 1. The van der Waals surface area contributed by atoms with Crippen LogP contribution in [0, 0.1) is 23.6 Å². The van der Waals surface area contributed by atoms with Crippen molar-refractivity contribution in [2.24, 2.45) is 17.8 Å². The molecule has 42 heavy (non-hydrogen) atoms. The molecule has 6 rings (SSSR count). The summed E-state index contributed by atoms with van der Waals surface area (Å²) in [6.07, 6.45) is 9.43. The van der Waals surface area contributed by atoms with Crippen LogP contribution in [0.1, 0.15) is 76.8 Å². The van der Waals surface area contributed by atoms with Crippen LogP contribution in [0.25, 0.3) is 0 Å². The summed E-state index contributed by atoms with van der Waals surface area (Å²) < 4.78 is 41.7. The Balaban J connectivity index is 1.39. The Morgan fingerprint density at radius 2 is 1.55 bits per heavy atom. The number of carbonyl (C=O) groups excluding carboxylic acids is 2. The van der Waals surface area contributed by atoms with E-state index in [4.69, 9.17) is 0 Å². The minimum Gasteiger partial charge on any atom is -0.352 e. The van der Waals surface area contributed by atoms with Crippen molar-refractivity contribution in [3.8, 4) is 0 Å². The van der Waals surface area contributed by atoms with E-state index in [0.29, 0.717) is 12.1 Å². The van der Waals surface area contributed by atoms with Crippen molar-refractivity contribution in [2.75, 3.05) is 17.1 Å². The molecule has 4 aliphatic carbocycles. The summed E-state index contributed by atoms with van der Waals surface area (Å²) >= 11 is 0. The minimum atomic E-state index is -3.84. The molecule has 4 saturated carbocycles. The van der Waals surface area contributed by atoms with Gasteiger partial charge in [0.15, 0.2) is 0 Å². The van der Waals surface area contributed by atoms with Gasteiger partial charge >= 0.3 is 0 Å². The highest BCUT2D eigenvalue weighted by atomic mass is 32.2. The summed E-state index contributed by atoms with van der Waals surface area (Å²) in [5.41, 5.74) is 2.09. The quantitative estimate of drug-likeness (QED) is 0.376. The Morgan fingerprint density at radius 3 is 2.07 bits per heavy atom. The Bertz CT molecular complexity index is 1380. The molecule has 7 nitrogen and oxygen atoms in total. The third-order valence-electron chi connectivity index (χ3n) is 9.95. The summed E-state index contributed by atoms with van der Waals surface area (Å²) in [7, 11) is -3.84. The van der Waals surface area contributed by atoms with Gasteiger partial charge in [-0.15, -0.1) is 0 Å². The van der Waals surface area contributed by atoms with Gasteiger partial charge in [0.1, 0.15) is 18.4 Å². The van der Waals surface area contributed by atoms with Crippen LogP contribution in [0.15, 0.2) is 48.5 Å². The highest BCUT2D eigenvalue weighted by Gasteiger charge is 2.51. The highest BCUT2D eigenvalue weighted by Crippen LogP contribution is 2.60. The predicted molar refractivity (Wildman–Crippen MR) is 163 cm³/mol. The number of amides is 2. The van der Waals surface area contributed by atoms with Crippen molar-refractivity contribution in [2.45, 2.75) is 89.8 Å². The number of anilines is 1. The van der Waals surface area contributed by atoms with Gasteiger partial charge in [-0.25, -0.2) is 12.8 Å². The van der Waals surface area contributed by atoms with Crippen molar-refractivity contribution in [3.63, 3.8) is 0 Å². The molecule has 4 bridgehead atoms. The van der Waals surface area contributed by atoms with E-state index < -0.39 is 34.3 Å². The zero-order valence-corrected chi connectivity index (χ0v) is 26.0. The van der Waals surface area contributed by atoms with Gasteiger partial charge in [-0.1, -0.05) is 37.3 Å². The molecule has 0 unspecified atom stereocenters. The second-order valence-corrected chi connectivity index (χ2v) is 15.0. The molecule has 0 radical (unpaired) electrons. The van der Waals surface area contributed by atoms with Gasteiger partial charge < -0.3 is 10.2 Å². The van der Waals surface area contributed by atoms with Crippen molar-refractivity contribution >= 4 is 27.5 Å². The number of nitrogens with one attached hydrogen (secondary N) is 1. The molecule has 0 spiro atoms. The molecule has 9 heteroatoms. The van der Waals surface area contributed by atoms with E-state index in [-0.39, 0.29) is 29.5 Å². The van der Waals surface area contributed by atoms with E-state index in [1.807, 2.05) is 38.1 Å². The van der Waals surface area contributed by atoms with Gasteiger partial charge in [-0.05, 0) is 106 Å². The predicted octanol–water partition coefficient (Wildman–Crippen LogP) is 5.39. The maximum atomic E-state index is 14.6. The Hall–Kier alpha value is -2.94. The fourth-order valence-corrected chi connectivity index (χ4v) is 8.77. The lowest BCUT2D eigenvalue weighted by Gasteiger charge is -2.57. The van der Waals surface area contributed by atoms with Crippen molar-refractivity contribution in [1.29, 1.82) is 0 Å². The molecule has 2 aromatic rings. The number of nitrogens with zero attached hydrogens (tertiary/aromatic N) is 2. The first kappa shape index (κ1) is 30.5. The topological polar surface area (TPSA) is 86.8 Å². The Morgan fingerprint density at radius 1 is 0.976 bits per heavy atom. The average molecular weight is 598 g/mol. The molecule has 2 atom stereocenters. The van der Waals surface area contributed by atoms with Crippen LogP contribution in [0.5, 0.6) is 0 Å². The second-order valence-electron chi connectivity index (χ2n) is 13.1. The summed E-state index contributed by atoms with van der Waals surface area (Å²) in [5, 5.41) is 2.88. The number of hydrogen-bond donors (Lipinski definition) is 1. The fraction of sp³-hybridized carbons (Fsp3) is 0.576. The molecular formula is C33H44FN3O4S. The lowest BCUT2D eigenvalue weighted by atomic mass is 9.48. The molecule has 228 valence electrons. The number of halogens is 1. The maximum absolute atomic E-state index is 14.6. The Kier molecular flexibility index (Phi) is 8.70. The van der Waals surface area contributed by atoms with Crippen LogP contribution < -0.4 is 9.62 Å². The van der Waals surface area contributed by atoms with Crippen molar-refractivity contribution < 1.29 is 22.4 Å². The molecule has 0 aromatic heterocycles. The van der Waals surface area contributed by atoms with Gasteiger partial charge in [-0.3, -0.25) is 13.9 Å². The smallest absolute Gasteiger partial charge is 0.244 e. The maximum Gasteiger partial charge on any atom is 0.244 e. The SMILES string of the molecule is CC[C@@H](C)NC(=O)[C@H](C)N(Cc1ccccc1F)C(=O)CN(c1ccc(C23CC4CC(CC(C4)C2)C3)cc1)S(C)(=O)=O. The molecular weight excluding hydrogens is 553 g/mol. The molecule has 0 saturated heterocycles. The van der Waals surface area contributed by atoms with E-state index in [9.17, 15) is 22.4 Å². The molecule has 2 aromatic carbocycles. The van der Waals surface area contributed by atoms with E-state index in [2.05, 4.69) is 5.32 Å². The van der Waals surface area contributed by atoms with E-state index in [1.165, 1.54) is 55.1 Å². The van der Waals surface area contributed by atoms with Gasteiger partial charge in [0, 0.05) is 18.2 Å². The molecule has 0 heterocycles.